The van der Waals surface area contributed by atoms with Crippen LogP contribution < -0.4 is 24.8 Å². The predicted molar refractivity (Wildman–Crippen MR) is 129 cm³/mol. The maximum atomic E-state index is 12.7. The molecule has 33 heavy (non-hydrogen) atoms. The molecule has 0 fully saturated rings. The number of hydrogen-bond acceptors (Lipinski definition) is 8. The topological polar surface area (TPSA) is 132 Å². The third kappa shape index (κ3) is 6.37. The van der Waals surface area contributed by atoms with Crippen molar-refractivity contribution in [2.75, 3.05) is 29.6 Å². The Morgan fingerprint density at radius 2 is 1.64 bits per heavy atom. The largest absolute Gasteiger partial charge is 0.481 e. The van der Waals surface area contributed by atoms with Gasteiger partial charge in [-0.1, -0.05) is 12.1 Å². The van der Waals surface area contributed by atoms with Crippen molar-refractivity contribution < 1.29 is 22.7 Å². The molecule has 0 bridgehead atoms. The molecule has 1 heterocycles. The van der Waals surface area contributed by atoms with Gasteiger partial charge in [-0.3, -0.25) is 9.52 Å². The second-order valence-electron chi connectivity index (χ2n) is 6.63. The number of aromatic nitrogens is 2. The minimum Gasteiger partial charge on any atom is -0.481 e. The van der Waals surface area contributed by atoms with Gasteiger partial charge in [0, 0.05) is 23.0 Å². The summed E-state index contributed by atoms with van der Waals surface area (Å²) < 4.78 is 37.8. The lowest BCUT2D eigenvalue weighted by Gasteiger charge is -2.12. The number of carbonyl (C=O) groups is 1. The summed E-state index contributed by atoms with van der Waals surface area (Å²) >= 11 is 5.29. The molecule has 0 saturated heterocycles. The Kier molecular flexibility index (Phi) is 7.41. The van der Waals surface area contributed by atoms with Crippen LogP contribution in [0.2, 0.25) is 0 Å². The first kappa shape index (κ1) is 23.9. The van der Waals surface area contributed by atoms with E-state index >= 15 is 0 Å². The van der Waals surface area contributed by atoms with Crippen molar-refractivity contribution in [1.82, 2.24) is 9.97 Å². The highest BCUT2D eigenvalue weighted by Gasteiger charge is 2.17. The average Bonchev–Trinajstić information content (AvgIpc) is 2.78. The van der Waals surface area contributed by atoms with E-state index in [1.165, 1.54) is 39.3 Å². The molecule has 0 aliphatic heterocycles. The minimum absolute atomic E-state index is 0.000861. The number of nitrogens with one attached hydrogen (secondary N) is 3. The Hall–Kier alpha value is -3.77. The molecule has 3 aromatic rings. The zero-order valence-electron chi connectivity index (χ0n) is 17.9. The quantitative estimate of drug-likeness (QED) is 0.321. The van der Waals surface area contributed by atoms with E-state index in [4.69, 9.17) is 21.7 Å². The van der Waals surface area contributed by atoms with E-state index in [-0.39, 0.29) is 33.5 Å². The molecule has 2 aromatic carbocycles. The van der Waals surface area contributed by atoms with Crippen molar-refractivity contribution in [1.29, 1.82) is 0 Å². The number of benzene rings is 2. The van der Waals surface area contributed by atoms with Gasteiger partial charge in [0.2, 0.25) is 5.88 Å². The van der Waals surface area contributed by atoms with E-state index in [0.29, 0.717) is 16.9 Å². The van der Waals surface area contributed by atoms with E-state index < -0.39 is 10.0 Å². The van der Waals surface area contributed by atoms with Crippen LogP contribution in [0.15, 0.2) is 59.5 Å². The standard InChI is InChI=1S/C21H21N5O5S2/c1-13(27)14-5-4-6-16(11-14)23-21(32)22-15-7-9-17(10-8-15)33(28,29)26-18-12-19(30-2)25-20(24-18)31-3/h4-12H,1-3H3,(H2,22,23,32)(H,24,25,26). The summed E-state index contributed by atoms with van der Waals surface area (Å²) in [5.41, 5.74) is 1.78. The molecule has 0 spiro atoms. The first-order valence-corrected chi connectivity index (χ1v) is 11.4. The predicted octanol–water partition coefficient (Wildman–Crippen LogP) is 3.31. The monoisotopic (exact) mass is 487 g/mol. The lowest BCUT2D eigenvalue weighted by atomic mass is 10.1. The van der Waals surface area contributed by atoms with E-state index in [1.807, 2.05) is 0 Å². The Morgan fingerprint density at radius 3 is 2.27 bits per heavy atom. The second-order valence-corrected chi connectivity index (χ2v) is 8.72. The molecule has 10 nitrogen and oxygen atoms in total. The number of Topliss-reactive ketones (excluding diaryl/α,β-unsaturated/α-hetero) is 1. The number of nitrogens with zero attached hydrogens (tertiary/aromatic N) is 2. The number of rotatable bonds is 8. The Morgan fingerprint density at radius 1 is 0.939 bits per heavy atom. The summed E-state index contributed by atoms with van der Waals surface area (Å²) in [6.45, 7) is 1.48. The number of ether oxygens (including phenoxy) is 2. The SMILES string of the molecule is COc1cc(NS(=O)(=O)c2ccc(NC(=S)Nc3cccc(C(C)=O)c3)cc2)nc(OC)n1. The number of thiocarbonyl (C=S) groups is 1. The van der Waals surface area contributed by atoms with Gasteiger partial charge in [0.25, 0.3) is 10.0 Å². The molecule has 0 atom stereocenters. The molecule has 12 heteroatoms. The van der Waals surface area contributed by atoms with Crippen molar-refractivity contribution in [2.45, 2.75) is 11.8 Å². The summed E-state index contributed by atoms with van der Waals surface area (Å²) in [6, 6.07) is 14.2. The van der Waals surface area contributed by atoms with Crippen LogP contribution in [0.4, 0.5) is 17.2 Å². The molecule has 0 radical (unpaired) electrons. The summed E-state index contributed by atoms with van der Waals surface area (Å²) in [6.07, 6.45) is 0. The van der Waals surface area contributed by atoms with Gasteiger partial charge in [0.05, 0.1) is 19.1 Å². The van der Waals surface area contributed by atoms with E-state index in [1.54, 1.807) is 36.4 Å². The van der Waals surface area contributed by atoms with Gasteiger partial charge in [0.1, 0.15) is 0 Å². The van der Waals surface area contributed by atoms with Crippen molar-refractivity contribution in [3.8, 4) is 11.9 Å². The van der Waals surface area contributed by atoms with Crippen LogP contribution in [-0.2, 0) is 10.0 Å². The summed E-state index contributed by atoms with van der Waals surface area (Å²) in [7, 11) is -1.18. The Labute approximate surface area is 196 Å². The fourth-order valence-corrected chi connectivity index (χ4v) is 3.90. The first-order chi connectivity index (χ1) is 15.7. The average molecular weight is 488 g/mol. The van der Waals surface area contributed by atoms with Crippen molar-refractivity contribution in [3.05, 3.63) is 60.2 Å². The van der Waals surface area contributed by atoms with E-state index in [9.17, 15) is 13.2 Å². The zero-order chi connectivity index (χ0) is 24.0. The third-order valence-electron chi connectivity index (χ3n) is 4.26. The van der Waals surface area contributed by atoms with Crippen LogP contribution in [0.5, 0.6) is 11.9 Å². The van der Waals surface area contributed by atoms with Crippen LogP contribution >= 0.6 is 12.2 Å². The smallest absolute Gasteiger partial charge is 0.321 e. The summed E-state index contributed by atoms with van der Waals surface area (Å²) in [4.78, 5) is 19.4. The Balaban J connectivity index is 1.68. The maximum Gasteiger partial charge on any atom is 0.321 e. The number of anilines is 3. The number of hydrogen-bond donors (Lipinski definition) is 3. The lowest BCUT2D eigenvalue weighted by molar-refractivity contribution is 0.101. The van der Waals surface area contributed by atoms with E-state index in [2.05, 4.69) is 25.3 Å². The molecular weight excluding hydrogens is 466 g/mol. The minimum atomic E-state index is -3.93. The van der Waals surface area contributed by atoms with Gasteiger partial charge < -0.3 is 20.1 Å². The number of carbonyl (C=O) groups excluding carboxylic acids is 1. The van der Waals surface area contributed by atoms with Crippen LogP contribution in [-0.4, -0.2) is 43.5 Å². The van der Waals surface area contributed by atoms with Gasteiger partial charge in [-0.15, -0.1) is 0 Å². The molecule has 172 valence electrons. The van der Waals surface area contributed by atoms with Crippen molar-refractivity contribution in [3.63, 3.8) is 0 Å². The molecule has 3 rings (SSSR count). The fraction of sp³-hybridized carbons (Fsp3) is 0.143. The number of ketones is 1. The third-order valence-corrected chi connectivity index (χ3v) is 5.84. The molecule has 0 aliphatic rings. The summed E-state index contributed by atoms with van der Waals surface area (Å²) in [5, 5.41) is 6.23. The van der Waals surface area contributed by atoms with Crippen LogP contribution in [0.25, 0.3) is 0 Å². The fourth-order valence-electron chi connectivity index (χ4n) is 2.68. The van der Waals surface area contributed by atoms with Gasteiger partial charge in [-0.25, -0.2) is 8.42 Å². The molecular formula is C21H21N5O5S2. The molecule has 0 amide bonds. The van der Waals surface area contributed by atoms with Gasteiger partial charge in [-0.2, -0.15) is 9.97 Å². The zero-order valence-corrected chi connectivity index (χ0v) is 19.6. The van der Waals surface area contributed by atoms with Crippen molar-refractivity contribution >= 4 is 50.3 Å². The highest BCUT2D eigenvalue weighted by Crippen LogP contribution is 2.22. The van der Waals surface area contributed by atoms with Crippen molar-refractivity contribution in [2.24, 2.45) is 0 Å². The molecule has 3 N–H and O–H groups in total. The molecule has 0 unspecified atom stereocenters. The van der Waals surface area contributed by atoms with Gasteiger partial charge in [-0.05, 0) is 55.5 Å². The van der Waals surface area contributed by atoms with Crippen LogP contribution in [0.1, 0.15) is 17.3 Å². The van der Waals surface area contributed by atoms with Gasteiger partial charge in [0.15, 0.2) is 16.7 Å². The first-order valence-electron chi connectivity index (χ1n) is 9.49. The summed E-state index contributed by atoms with van der Waals surface area (Å²) in [5.74, 6) is 0.0924. The number of methoxy groups -OCH3 is 2. The Bertz CT molecular complexity index is 1260. The molecule has 0 saturated carbocycles. The molecule has 1 aromatic heterocycles. The second kappa shape index (κ2) is 10.2. The van der Waals surface area contributed by atoms with Gasteiger partial charge >= 0.3 is 6.01 Å². The van der Waals surface area contributed by atoms with Crippen LogP contribution in [0, 0.1) is 0 Å². The normalized spacial score (nSPS) is 10.8. The highest BCUT2D eigenvalue weighted by molar-refractivity contribution is 7.92. The maximum absolute atomic E-state index is 12.7. The van der Waals surface area contributed by atoms with Crippen LogP contribution in [0.3, 0.4) is 0 Å². The number of sulfonamides is 1. The lowest BCUT2D eigenvalue weighted by Crippen LogP contribution is -2.19. The highest BCUT2D eigenvalue weighted by atomic mass is 32.2. The molecule has 0 aliphatic carbocycles. The van der Waals surface area contributed by atoms with E-state index in [0.717, 1.165) is 0 Å².